The summed E-state index contributed by atoms with van der Waals surface area (Å²) in [5.74, 6) is -0.668. The second-order valence-corrected chi connectivity index (χ2v) is 5.78. The van der Waals surface area contributed by atoms with E-state index in [-0.39, 0.29) is 23.7 Å². The first kappa shape index (κ1) is 16.6. The average molecular weight is 329 g/mol. The number of benzene rings is 2. The van der Waals surface area contributed by atoms with Gasteiger partial charge in [-0.3, -0.25) is 10.2 Å². The van der Waals surface area contributed by atoms with Gasteiger partial charge >= 0.3 is 0 Å². The van der Waals surface area contributed by atoms with Crippen molar-refractivity contribution in [3.05, 3.63) is 65.5 Å². The molecule has 0 aromatic heterocycles. The topological polar surface area (TPSA) is 62.4 Å². The number of halogens is 1. The molecule has 2 aromatic carbocycles. The highest BCUT2D eigenvalue weighted by Gasteiger charge is 2.34. The van der Waals surface area contributed by atoms with E-state index in [1.165, 1.54) is 12.1 Å². The molecule has 1 amide bonds. The van der Waals surface area contributed by atoms with E-state index in [1.807, 2.05) is 24.3 Å². The zero-order valence-electron chi connectivity index (χ0n) is 13.4. The second kappa shape index (κ2) is 7.53. The molecule has 1 fully saturated rings. The molecule has 5 nitrogen and oxygen atoms in total. The summed E-state index contributed by atoms with van der Waals surface area (Å²) in [6, 6.07) is 13.6. The van der Waals surface area contributed by atoms with Crippen LogP contribution in [0.3, 0.4) is 0 Å². The summed E-state index contributed by atoms with van der Waals surface area (Å²) in [7, 11) is 1.63. The Morgan fingerprint density at radius 3 is 2.83 bits per heavy atom. The number of hydrogen-bond acceptors (Lipinski definition) is 4. The quantitative estimate of drug-likeness (QED) is 0.788. The van der Waals surface area contributed by atoms with Crippen LogP contribution in [0.25, 0.3) is 0 Å². The minimum Gasteiger partial charge on any atom is -0.380 e. The highest BCUT2D eigenvalue weighted by Crippen LogP contribution is 2.26. The van der Waals surface area contributed by atoms with Gasteiger partial charge in [-0.2, -0.15) is 0 Å². The third-order valence-electron chi connectivity index (χ3n) is 4.05. The minimum absolute atomic E-state index is 0.0867. The largest absolute Gasteiger partial charge is 0.380 e. The van der Waals surface area contributed by atoms with Gasteiger partial charge in [0.25, 0.3) is 0 Å². The number of anilines is 1. The zero-order chi connectivity index (χ0) is 16.9. The summed E-state index contributed by atoms with van der Waals surface area (Å²) in [5, 5.41) is 2.95. The van der Waals surface area contributed by atoms with Crippen molar-refractivity contribution in [1.29, 1.82) is 0 Å². The van der Waals surface area contributed by atoms with Crippen LogP contribution >= 0.6 is 0 Å². The van der Waals surface area contributed by atoms with Crippen molar-refractivity contribution in [2.45, 2.75) is 12.6 Å². The fraction of sp³-hybridized carbons (Fsp3) is 0.278. The summed E-state index contributed by atoms with van der Waals surface area (Å²) in [4.78, 5) is 12.6. The number of nitrogens with one attached hydrogen (secondary N) is 3. The van der Waals surface area contributed by atoms with E-state index < -0.39 is 0 Å². The van der Waals surface area contributed by atoms with Gasteiger partial charge in [0, 0.05) is 19.3 Å². The summed E-state index contributed by atoms with van der Waals surface area (Å²) in [5.41, 5.74) is 8.70. The summed E-state index contributed by atoms with van der Waals surface area (Å²) >= 11 is 0. The number of hydrogen-bond donors (Lipinski definition) is 3. The van der Waals surface area contributed by atoms with Gasteiger partial charge in [0.2, 0.25) is 5.91 Å². The molecular formula is C18H20FN3O2. The molecule has 3 N–H and O–H groups in total. The number of carbonyl (C=O) groups is 1. The van der Waals surface area contributed by atoms with Crippen molar-refractivity contribution in [2.75, 3.05) is 19.0 Å². The Morgan fingerprint density at radius 1 is 1.29 bits per heavy atom. The number of methoxy groups -OCH3 is 1. The van der Waals surface area contributed by atoms with Crippen molar-refractivity contribution in [3.8, 4) is 0 Å². The fourth-order valence-electron chi connectivity index (χ4n) is 2.87. The van der Waals surface area contributed by atoms with Crippen molar-refractivity contribution < 1.29 is 13.9 Å². The highest BCUT2D eigenvalue weighted by atomic mass is 19.1. The van der Waals surface area contributed by atoms with E-state index >= 15 is 0 Å². The maximum Gasteiger partial charge on any atom is 0.230 e. The van der Waals surface area contributed by atoms with Crippen LogP contribution in [-0.2, 0) is 16.1 Å². The van der Waals surface area contributed by atoms with E-state index in [0.717, 1.165) is 16.8 Å². The van der Waals surface area contributed by atoms with Crippen LogP contribution in [0.5, 0.6) is 0 Å². The second-order valence-electron chi connectivity index (χ2n) is 5.78. The van der Waals surface area contributed by atoms with Crippen LogP contribution in [0.4, 0.5) is 10.1 Å². The molecule has 0 saturated carbocycles. The number of carbonyl (C=O) groups excluding carboxylic acids is 1. The number of ether oxygens (including phenoxy) is 1. The zero-order valence-corrected chi connectivity index (χ0v) is 13.4. The van der Waals surface area contributed by atoms with Crippen LogP contribution in [0.2, 0.25) is 0 Å². The Morgan fingerprint density at radius 2 is 2.08 bits per heavy atom. The Labute approximate surface area is 140 Å². The Bertz CT molecular complexity index is 706. The van der Waals surface area contributed by atoms with Gasteiger partial charge in [-0.1, -0.05) is 24.3 Å². The predicted octanol–water partition coefficient (Wildman–Crippen LogP) is 2.38. The number of hydrazine groups is 1. The molecule has 126 valence electrons. The van der Waals surface area contributed by atoms with Crippen LogP contribution in [0.15, 0.2) is 48.5 Å². The molecule has 1 saturated heterocycles. The molecule has 1 aliphatic rings. The predicted molar refractivity (Wildman–Crippen MR) is 89.6 cm³/mol. The van der Waals surface area contributed by atoms with Gasteiger partial charge in [0.15, 0.2) is 0 Å². The van der Waals surface area contributed by atoms with E-state index in [4.69, 9.17) is 4.74 Å². The first-order valence-corrected chi connectivity index (χ1v) is 7.80. The smallest absolute Gasteiger partial charge is 0.230 e. The minimum atomic E-state index is -0.291. The van der Waals surface area contributed by atoms with Gasteiger partial charge in [-0.05, 0) is 35.4 Å². The lowest BCUT2D eigenvalue weighted by Crippen LogP contribution is -2.29. The Kier molecular flexibility index (Phi) is 5.20. The summed E-state index contributed by atoms with van der Waals surface area (Å²) in [6.07, 6.45) is 0. The molecule has 3 rings (SSSR count). The molecular weight excluding hydrogens is 309 g/mol. The molecule has 2 unspecified atom stereocenters. The maximum atomic E-state index is 13.1. The molecule has 1 heterocycles. The highest BCUT2D eigenvalue weighted by molar-refractivity contribution is 5.93. The lowest BCUT2D eigenvalue weighted by atomic mass is 9.94. The SMILES string of the molecule is COCc1cccc(NC(=O)C2CNNC2c2ccc(F)cc2)c1. The normalized spacial score (nSPS) is 20.1. The van der Waals surface area contributed by atoms with Crippen LogP contribution in [0.1, 0.15) is 17.2 Å². The Balaban J connectivity index is 1.71. The molecule has 6 heteroatoms. The van der Waals surface area contributed by atoms with Gasteiger partial charge in [0.1, 0.15) is 5.82 Å². The lowest BCUT2D eigenvalue weighted by Gasteiger charge is -2.18. The van der Waals surface area contributed by atoms with Gasteiger partial charge in [-0.25, -0.2) is 9.82 Å². The Hall–Kier alpha value is -2.28. The third-order valence-corrected chi connectivity index (χ3v) is 4.05. The molecule has 24 heavy (non-hydrogen) atoms. The summed E-state index contributed by atoms with van der Waals surface area (Å²) < 4.78 is 18.2. The first-order chi connectivity index (χ1) is 11.7. The van der Waals surface area contributed by atoms with Crippen LogP contribution < -0.4 is 16.2 Å². The van der Waals surface area contributed by atoms with Crippen molar-refractivity contribution in [1.82, 2.24) is 10.9 Å². The third kappa shape index (κ3) is 3.79. The maximum absolute atomic E-state index is 13.1. The molecule has 0 radical (unpaired) electrons. The van der Waals surface area contributed by atoms with Gasteiger partial charge < -0.3 is 10.1 Å². The average Bonchev–Trinajstić information content (AvgIpc) is 3.06. The van der Waals surface area contributed by atoms with E-state index in [2.05, 4.69) is 16.2 Å². The fourth-order valence-corrected chi connectivity index (χ4v) is 2.87. The van der Waals surface area contributed by atoms with Crippen LogP contribution in [0, 0.1) is 11.7 Å². The van der Waals surface area contributed by atoms with Gasteiger partial charge in [0.05, 0.1) is 18.6 Å². The molecule has 0 aliphatic carbocycles. The number of amides is 1. The molecule has 0 spiro atoms. The van der Waals surface area contributed by atoms with E-state index in [1.54, 1.807) is 19.2 Å². The molecule has 2 atom stereocenters. The molecule has 0 bridgehead atoms. The standard InChI is InChI=1S/C18H20FN3O2/c1-24-11-12-3-2-4-15(9-12)21-18(23)16-10-20-22-17(16)13-5-7-14(19)8-6-13/h2-9,16-17,20,22H,10-11H2,1H3,(H,21,23). The first-order valence-electron chi connectivity index (χ1n) is 7.80. The van der Waals surface area contributed by atoms with Crippen molar-refractivity contribution >= 4 is 11.6 Å². The number of rotatable bonds is 5. The molecule has 1 aliphatic heterocycles. The van der Waals surface area contributed by atoms with Crippen molar-refractivity contribution in [2.24, 2.45) is 5.92 Å². The van der Waals surface area contributed by atoms with Crippen LogP contribution in [-0.4, -0.2) is 19.6 Å². The monoisotopic (exact) mass is 329 g/mol. The molecule has 2 aromatic rings. The lowest BCUT2D eigenvalue weighted by molar-refractivity contribution is -0.119. The van der Waals surface area contributed by atoms with Crippen molar-refractivity contribution in [3.63, 3.8) is 0 Å². The van der Waals surface area contributed by atoms with E-state index in [9.17, 15) is 9.18 Å². The summed E-state index contributed by atoms with van der Waals surface area (Å²) in [6.45, 7) is 1.00. The van der Waals surface area contributed by atoms with E-state index in [0.29, 0.717) is 13.2 Å². The van der Waals surface area contributed by atoms with Gasteiger partial charge in [-0.15, -0.1) is 0 Å².